The highest BCUT2D eigenvalue weighted by Crippen LogP contribution is 2.58. The van der Waals surface area contributed by atoms with Gasteiger partial charge in [0.25, 0.3) is 0 Å². The molecule has 282 valence electrons. The van der Waals surface area contributed by atoms with Crippen molar-refractivity contribution in [2.75, 3.05) is 4.90 Å². The summed E-state index contributed by atoms with van der Waals surface area (Å²) in [4.78, 5) is 2.68. The average molecular weight is 740 g/mol. The van der Waals surface area contributed by atoms with Crippen molar-refractivity contribution in [3.8, 4) is 33.4 Å². The maximum atomic E-state index is 2.68. The summed E-state index contributed by atoms with van der Waals surface area (Å²) < 4.78 is 0. The van der Waals surface area contributed by atoms with Crippen molar-refractivity contribution in [1.29, 1.82) is 0 Å². The predicted molar refractivity (Wildman–Crippen MR) is 241 cm³/mol. The van der Waals surface area contributed by atoms with Gasteiger partial charge in [0.1, 0.15) is 0 Å². The summed E-state index contributed by atoms with van der Waals surface area (Å²) in [6.45, 7) is 4.89. The van der Waals surface area contributed by atoms with Gasteiger partial charge in [-0.25, -0.2) is 0 Å². The SMILES string of the molecule is CC1(C)c2ccccc2-c2ccc(N(c3ccc(C4CC5CCC4C5)cc3)c3cc4ccccc4cc3C3CCCCC3)c(-c3ccc(-c4ccccc4)cc3)c21. The summed E-state index contributed by atoms with van der Waals surface area (Å²) in [6, 6.07) is 58.3. The van der Waals surface area contributed by atoms with Crippen molar-refractivity contribution >= 4 is 27.8 Å². The Balaban J connectivity index is 1.17. The molecule has 4 aliphatic carbocycles. The molecule has 0 saturated heterocycles. The Morgan fingerprint density at radius 1 is 0.526 bits per heavy atom. The van der Waals surface area contributed by atoms with Crippen LogP contribution in [0.3, 0.4) is 0 Å². The molecule has 11 rings (SSSR count). The van der Waals surface area contributed by atoms with Crippen molar-refractivity contribution in [2.45, 2.75) is 88.9 Å². The Labute approximate surface area is 339 Å². The third kappa shape index (κ3) is 5.88. The predicted octanol–water partition coefficient (Wildman–Crippen LogP) is 15.9. The molecule has 0 amide bonds. The fraction of sp³-hybridized carbons (Fsp3) is 0.286. The van der Waals surface area contributed by atoms with Crippen molar-refractivity contribution in [1.82, 2.24) is 0 Å². The van der Waals surface area contributed by atoms with Gasteiger partial charge in [-0.05, 0) is 147 Å². The van der Waals surface area contributed by atoms with Crippen LogP contribution in [0.4, 0.5) is 17.1 Å². The number of hydrogen-bond donors (Lipinski definition) is 0. The molecule has 3 saturated carbocycles. The topological polar surface area (TPSA) is 3.24 Å². The Bertz CT molecular complexity index is 2590. The van der Waals surface area contributed by atoms with Crippen molar-refractivity contribution in [3.63, 3.8) is 0 Å². The molecular weight excluding hydrogens is 687 g/mol. The molecule has 0 aliphatic heterocycles. The van der Waals surface area contributed by atoms with Crippen LogP contribution in [0.2, 0.25) is 0 Å². The number of benzene rings is 7. The second kappa shape index (κ2) is 13.9. The maximum absolute atomic E-state index is 2.68. The molecule has 3 atom stereocenters. The minimum Gasteiger partial charge on any atom is -0.310 e. The summed E-state index contributed by atoms with van der Waals surface area (Å²) in [6.07, 6.45) is 12.1. The van der Waals surface area contributed by atoms with Crippen molar-refractivity contribution < 1.29 is 0 Å². The first kappa shape index (κ1) is 34.8. The lowest BCUT2D eigenvalue weighted by Gasteiger charge is -2.35. The molecule has 1 heteroatoms. The van der Waals surface area contributed by atoms with Crippen LogP contribution in [-0.2, 0) is 5.41 Å². The second-order valence-electron chi connectivity index (χ2n) is 18.3. The highest BCUT2D eigenvalue weighted by atomic mass is 15.1. The number of hydrogen-bond acceptors (Lipinski definition) is 1. The van der Waals surface area contributed by atoms with Crippen molar-refractivity contribution in [2.24, 2.45) is 11.8 Å². The van der Waals surface area contributed by atoms with E-state index in [9.17, 15) is 0 Å². The van der Waals surface area contributed by atoms with E-state index in [0.29, 0.717) is 11.8 Å². The first-order chi connectivity index (χ1) is 28.0. The molecule has 7 aromatic carbocycles. The monoisotopic (exact) mass is 739 g/mol. The molecular formula is C56H53N. The lowest BCUT2D eigenvalue weighted by Crippen LogP contribution is -2.20. The van der Waals surface area contributed by atoms with Crippen LogP contribution in [0, 0.1) is 11.8 Å². The Morgan fingerprint density at radius 3 is 1.95 bits per heavy atom. The van der Waals surface area contributed by atoms with Gasteiger partial charge in [-0.3, -0.25) is 0 Å². The third-order valence-electron chi connectivity index (χ3n) is 14.7. The van der Waals surface area contributed by atoms with Crippen LogP contribution in [-0.4, -0.2) is 0 Å². The van der Waals surface area contributed by atoms with Crippen LogP contribution >= 0.6 is 0 Å². The minimum atomic E-state index is -0.178. The van der Waals surface area contributed by atoms with Gasteiger partial charge >= 0.3 is 0 Å². The smallest absolute Gasteiger partial charge is 0.0543 e. The van der Waals surface area contributed by atoms with Crippen LogP contribution in [0.25, 0.3) is 44.2 Å². The van der Waals surface area contributed by atoms with Gasteiger partial charge in [0, 0.05) is 16.7 Å². The summed E-state index contributed by atoms with van der Waals surface area (Å²) >= 11 is 0. The summed E-state index contributed by atoms with van der Waals surface area (Å²) in [5, 5.41) is 2.65. The average Bonchev–Trinajstić information content (AvgIpc) is 3.97. The second-order valence-corrected chi connectivity index (χ2v) is 18.3. The minimum absolute atomic E-state index is 0.178. The highest BCUT2D eigenvalue weighted by molar-refractivity contribution is 6.00. The lowest BCUT2D eigenvalue weighted by molar-refractivity contribution is 0.420. The fourth-order valence-electron chi connectivity index (χ4n) is 11.9. The van der Waals surface area contributed by atoms with E-state index in [1.54, 1.807) is 5.56 Å². The van der Waals surface area contributed by atoms with Gasteiger partial charge in [0.05, 0.1) is 11.4 Å². The largest absolute Gasteiger partial charge is 0.310 e. The van der Waals surface area contributed by atoms with Crippen LogP contribution in [0.1, 0.15) is 106 Å². The Hall–Kier alpha value is -5.40. The van der Waals surface area contributed by atoms with E-state index >= 15 is 0 Å². The third-order valence-corrected chi connectivity index (χ3v) is 14.7. The molecule has 0 aromatic heterocycles. The zero-order valence-corrected chi connectivity index (χ0v) is 33.6. The molecule has 0 N–H and O–H groups in total. The van der Waals surface area contributed by atoms with E-state index in [0.717, 1.165) is 11.8 Å². The van der Waals surface area contributed by atoms with Gasteiger partial charge in [-0.15, -0.1) is 0 Å². The quantitative estimate of drug-likeness (QED) is 0.157. The summed E-state index contributed by atoms with van der Waals surface area (Å²) in [7, 11) is 0. The molecule has 0 radical (unpaired) electrons. The fourth-order valence-corrected chi connectivity index (χ4v) is 11.9. The van der Waals surface area contributed by atoms with E-state index in [-0.39, 0.29) is 5.41 Å². The molecule has 1 nitrogen and oxygen atoms in total. The van der Waals surface area contributed by atoms with Gasteiger partial charge < -0.3 is 4.90 Å². The van der Waals surface area contributed by atoms with E-state index in [4.69, 9.17) is 0 Å². The van der Waals surface area contributed by atoms with Crippen molar-refractivity contribution in [3.05, 3.63) is 174 Å². The standard InChI is InChI=1S/C56H53N/c1-56(2)51-20-12-11-19-47(51)48-31-32-52(54(55(48)56)42-25-23-39(24-26-42)38-13-5-3-6-14-38)57(46-29-27-41(28-30-46)49-34-37-21-22-45(49)33-37)53-36-44-18-10-9-17-43(44)35-50(53)40-15-7-4-8-16-40/h3,5-6,9-14,17-20,23-32,35-37,40,45,49H,4,7-8,15-16,21-22,33-34H2,1-2H3. The molecule has 2 bridgehead atoms. The Kier molecular flexibility index (Phi) is 8.50. The lowest BCUT2D eigenvalue weighted by atomic mass is 9.77. The van der Waals surface area contributed by atoms with Gasteiger partial charge in [0.2, 0.25) is 0 Å². The highest BCUT2D eigenvalue weighted by Gasteiger charge is 2.41. The Morgan fingerprint density at radius 2 is 1.21 bits per heavy atom. The molecule has 57 heavy (non-hydrogen) atoms. The summed E-state index contributed by atoms with van der Waals surface area (Å²) in [5.74, 6) is 3.04. The first-order valence-corrected chi connectivity index (χ1v) is 21.9. The zero-order valence-electron chi connectivity index (χ0n) is 33.6. The normalized spacial score (nSPS) is 20.8. The number of fused-ring (bicyclic) bond motifs is 6. The van der Waals surface area contributed by atoms with E-state index in [2.05, 4.69) is 170 Å². The van der Waals surface area contributed by atoms with Gasteiger partial charge in [0.15, 0.2) is 0 Å². The van der Waals surface area contributed by atoms with Gasteiger partial charge in [-0.2, -0.15) is 0 Å². The first-order valence-electron chi connectivity index (χ1n) is 21.9. The van der Waals surface area contributed by atoms with Crippen LogP contribution < -0.4 is 4.90 Å². The summed E-state index contributed by atoms with van der Waals surface area (Å²) in [5.41, 5.74) is 17.4. The van der Waals surface area contributed by atoms with Gasteiger partial charge in [-0.1, -0.05) is 161 Å². The van der Waals surface area contributed by atoms with E-state index in [1.807, 2.05) is 0 Å². The number of nitrogens with zero attached hydrogens (tertiary/aromatic N) is 1. The van der Waals surface area contributed by atoms with Crippen LogP contribution in [0.15, 0.2) is 152 Å². The van der Waals surface area contributed by atoms with E-state index in [1.165, 1.54) is 136 Å². The molecule has 7 aromatic rings. The molecule has 0 heterocycles. The van der Waals surface area contributed by atoms with E-state index < -0.39 is 0 Å². The molecule has 4 aliphatic rings. The number of rotatable bonds is 7. The molecule has 3 unspecified atom stereocenters. The van der Waals surface area contributed by atoms with Crippen LogP contribution in [0.5, 0.6) is 0 Å². The molecule has 0 spiro atoms. The number of anilines is 3. The maximum Gasteiger partial charge on any atom is 0.0543 e. The molecule has 3 fully saturated rings. The zero-order chi connectivity index (χ0) is 38.1.